The van der Waals surface area contributed by atoms with Gasteiger partial charge in [0.15, 0.2) is 0 Å². The standard InChI is InChI=1S/C29H32F3N7/c1-19-15-20(2)17-23(16-19)36-28-34-11-7-25(37-28)27-26(21-3-5-22(6-4-21)29(30,31)32)35-18-39(27)24-8-12-38(13-9-24)14-10-33/h3-7,11,15-18,24H,8-10,12-14,33H2,1-2H3,(H,34,36,37). The third kappa shape index (κ3) is 6.12. The highest BCUT2D eigenvalue weighted by Crippen LogP contribution is 2.37. The molecule has 3 N–H and O–H groups in total. The van der Waals surface area contributed by atoms with Crippen LogP contribution >= 0.6 is 0 Å². The third-order valence-corrected chi connectivity index (χ3v) is 7.05. The molecule has 0 radical (unpaired) electrons. The Hall–Kier alpha value is -3.76. The van der Waals surface area contributed by atoms with Gasteiger partial charge < -0.3 is 20.5 Å². The molecule has 0 unspecified atom stereocenters. The Labute approximate surface area is 225 Å². The smallest absolute Gasteiger partial charge is 0.329 e. The van der Waals surface area contributed by atoms with Gasteiger partial charge in [-0.05, 0) is 68.1 Å². The molecule has 0 aliphatic carbocycles. The van der Waals surface area contributed by atoms with Crippen LogP contribution in [0.2, 0.25) is 0 Å². The number of imidazole rings is 1. The highest BCUT2D eigenvalue weighted by Gasteiger charge is 2.31. The lowest BCUT2D eigenvalue weighted by molar-refractivity contribution is -0.137. The van der Waals surface area contributed by atoms with Crippen LogP contribution in [0.15, 0.2) is 61.1 Å². The fourth-order valence-corrected chi connectivity index (χ4v) is 5.25. The fraction of sp³-hybridized carbons (Fsp3) is 0.345. The van der Waals surface area contributed by atoms with E-state index in [1.165, 1.54) is 12.1 Å². The number of benzene rings is 2. The number of nitrogens with two attached hydrogens (primary N) is 1. The minimum atomic E-state index is -4.40. The summed E-state index contributed by atoms with van der Waals surface area (Å²) in [6.45, 7) is 7.37. The normalized spacial score (nSPS) is 15.0. The van der Waals surface area contributed by atoms with Crippen molar-refractivity contribution in [2.75, 3.05) is 31.5 Å². The second-order valence-corrected chi connectivity index (χ2v) is 10.1. The summed E-state index contributed by atoms with van der Waals surface area (Å²) in [5, 5.41) is 3.29. The molecule has 4 aromatic rings. The number of likely N-dealkylation sites (tertiary alicyclic amines) is 1. The number of hydrogen-bond acceptors (Lipinski definition) is 6. The van der Waals surface area contributed by atoms with Crippen molar-refractivity contribution in [3.05, 3.63) is 77.7 Å². The van der Waals surface area contributed by atoms with E-state index in [0.29, 0.717) is 29.4 Å². The maximum atomic E-state index is 13.2. The summed E-state index contributed by atoms with van der Waals surface area (Å²) in [5.41, 5.74) is 10.8. The molecule has 0 saturated carbocycles. The molecule has 5 rings (SSSR count). The van der Waals surface area contributed by atoms with Gasteiger partial charge in [0.05, 0.1) is 29.0 Å². The zero-order valence-electron chi connectivity index (χ0n) is 22.0. The van der Waals surface area contributed by atoms with Gasteiger partial charge in [0.2, 0.25) is 5.95 Å². The molecule has 10 heteroatoms. The summed E-state index contributed by atoms with van der Waals surface area (Å²) < 4.78 is 41.8. The van der Waals surface area contributed by atoms with Crippen LogP contribution in [-0.4, -0.2) is 50.6 Å². The molecule has 1 fully saturated rings. The van der Waals surface area contributed by atoms with Crippen LogP contribution in [0.1, 0.15) is 35.6 Å². The molecular formula is C29H32F3N7. The van der Waals surface area contributed by atoms with Gasteiger partial charge in [0.25, 0.3) is 0 Å². The van der Waals surface area contributed by atoms with E-state index in [1.807, 2.05) is 32.0 Å². The average Bonchev–Trinajstić information content (AvgIpc) is 3.34. The fourth-order valence-electron chi connectivity index (χ4n) is 5.25. The topological polar surface area (TPSA) is 84.9 Å². The molecule has 0 bridgehead atoms. The van der Waals surface area contributed by atoms with E-state index < -0.39 is 11.7 Å². The average molecular weight is 536 g/mol. The molecule has 0 atom stereocenters. The minimum absolute atomic E-state index is 0.176. The molecule has 1 aliphatic rings. The van der Waals surface area contributed by atoms with Crippen molar-refractivity contribution < 1.29 is 13.2 Å². The SMILES string of the molecule is Cc1cc(C)cc(Nc2nccc(-c3c(-c4ccc(C(F)(F)F)cc4)ncn3C3CCN(CCN)CC3)n2)c1. The number of alkyl halides is 3. The third-order valence-electron chi connectivity index (χ3n) is 7.05. The van der Waals surface area contributed by atoms with E-state index in [1.54, 1.807) is 12.5 Å². The lowest BCUT2D eigenvalue weighted by Crippen LogP contribution is -2.37. The number of nitrogens with zero attached hydrogens (tertiary/aromatic N) is 5. The van der Waals surface area contributed by atoms with Crippen LogP contribution < -0.4 is 11.1 Å². The van der Waals surface area contributed by atoms with Crippen molar-refractivity contribution in [3.63, 3.8) is 0 Å². The van der Waals surface area contributed by atoms with Crippen LogP contribution in [0.3, 0.4) is 0 Å². The summed E-state index contributed by atoms with van der Waals surface area (Å²) >= 11 is 0. The van der Waals surface area contributed by atoms with E-state index in [0.717, 1.165) is 67.1 Å². The molecule has 2 aromatic carbocycles. The van der Waals surface area contributed by atoms with Crippen molar-refractivity contribution in [3.8, 4) is 22.6 Å². The van der Waals surface area contributed by atoms with E-state index >= 15 is 0 Å². The summed E-state index contributed by atoms with van der Waals surface area (Å²) in [7, 11) is 0. The number of rotatable bonds is 7. The minimum Gasteiger partial charge on any atom is -0.329 e. The highest BCUT2D eigenvalue weighted by molar-refractivity contribution is 5.77. The van der Waals surface area contributed by atoms with E-state index in [-0.39, 0.29) is 6.04 Å². The largest absolute Gasteiger partial charge is 0.416 e. The quantitative estimate of drug-likeness (QED) is 0.303. The van der Waals surface area contributed by atoms with Crippen LogP contribution in [0, 0.1) is 13.8 Å². The molecule has 7 nitrogen and oxygen atoms in total. The number of halogens is 3. The molecule has 0 spiro atoms. The summed E-state index contributed by atoms with van der Waals surface area (Å²) in [6.07, 6.45) is 0.887. The molecule has 1 saturated heterocycles. The number of hydrogen-bond donors (Lipinski definition) is 2. The van der Waals surface area contributed by atoms with E-state index in [9.17, 15) is 13.2 Å². The Kier molecular flexibility index (Phi) is 7.67. The van der Waals surface area contributed by atoms with Gasteiger partial charge in [-0.1, -0.05) is 18.2 Å². The Morgan fingerprint density at radius 2 is 1.67 bits per heavy atom. The van der Waals surface area contributed by atoms with Gasteiger partial charge in [-0.25, -0.2) is 15.0 Å². The van der Waals surface area contributed by atoms with Crippen molar-refractivity contribution in [2.45, 2.75) is 38.9 Å². The maximum absolute atomic E-state index is 13.2. The number of piperidine rings is 1. The van der Waals surface area contributed by atoms with Gasteiger partial charge in [-0.2, -0.15) is 13.2 Å². The van der Waals surface area contributed by atoms with Gasteiger partial charge in [-0.3, -0.25) is 0 Å². The van der Waals surface area contributed by atoms with Gasteiger partial charge in [-0.15, -0.1) is 0 Å². The van der Waals surface area contributed by atoms with Crippen LogP contribution in [0.4, 0.5) is 24.8 Å². The number of aromatic nitrogens is 4. The van der Waals surface area contributed by atoms with Crippen LogP contribution in [0.5, 0.6) is 0 Å². The first kappa shape index (κ1) is 26.8. The second-order valence-electron chi connectivity index (χ2n) is 10.1. The first-order chi connectivity index (χ1) is 18.7. The van der Waals surface area contributed by atoms with Crippen molar-refractivity contribution >= 4 is 11.6 Å². The Morgan fingerprint density at radius 3 is 2.31 bits per heavy atom. The number of nitrogens with one attached hydrogen (secondary N) is 1. The Bertz CT molecular complexity index is 1400. The Balaban J connectivity index is 1.53. The lowest BCUT2D eigenvalue weighted by atomic mass is 10.0. The molecule has 39 heavy (non-hydrogen) atoms. The molecule has 0 amide bonds. The van der Waals surface area contributed by atoms with Gasteiger partial charge in [0.1, 0.15) is 0 Å². The van der Waals surface area contributed by atoms with Gasteiger partial charge in [0, 0.05) is 49.7 Å². The van der Waals surface area contributed by atoms with E-state index in [2.05, 4.69) is 30.8 Å². The predicted molar refractivity (Wildman–Crippen MR) is 147 cm³/mol. The zero-order valence-corrected chi connectivity index (χ0v) is 22.0. The molecule has 3 heterocycles. The van der Waals surface area contributed by atoms with Crippen molar-refractivity contribution in [1.29, 1.82) is 0 Å². The zero-order chi connectivity index (χ0) is 27.6. The second kappa shape index (κ2) is 11.2. The summed E-state index contributed by atoms with van der Waals surface area (Å²) in [6, 6.07) is 13.3. The Morgan fingerprint density at radius 1 is 0.974 bits per heavy atom. The molecule has 1 aliphatic heterocycles. The predicted octanol–water partition coefficient (Wildman–Crippen LogP) is 5.98. The molecule has 2 aromatic heterocycles. The first-order valence-electron chi connectivity index (χ1n) is 13.1. The maximum Gasteiger partial charge on any atom is 0.416 e. The molecule has 204 valence electrons. The monoisotopic (exact) mass is 535 g/mol. The van der Waals surface area contributed by atoms with Crippen LogP contribution in [-0.2, 0) is 6.18 Å². The number of anilines is 2. The first-order valence-corrected chi connectivity index (χ1v) is 13.1. The van der Waals surface area contributed by atoms with Crippen molar-refractivity contribution in [1.82, 2.24) is 24.4 Å². The van der Waals surface area contributed by atoms with Crippen LogP contribution in [0.25, 0.3) is 22.6 Å². The summed E-state index contributed by atoms with van der Waals surface area (Å²) in [4.78, 5) is 16.3. The molecular weight excluding hydrogens is 503 g/mol. The van der Waals surface area contributed by atoms with Gasteiger partial charge >= 0.3 is 6.18 Å². The van der Waals surface area contributed by atoms with Crippen molar-refractivity contribution in [2.24, 2.45) is 5.73 Å². The highest BCUT2D eigenvalue weighted by atomic mass is 19.4. The van der Waals surface area contributed by atoms with E-state index in [4.69, 9.17) is 10.7 Å². The summed E-state index contributed by atoms with van der Waals surface area (Å²) in [5.74, 6) is 0.432. The lowest BCUT2D eigenvalue weighted by Gasteiger charge is -2.33. The number of aryl methyl sites for hydroxylation is 2.